The van der Waals surface area contributed by atoms with Crippen molar-refractivity contribution in [3.05, 3.63) is 65.2 Å². The minimum absolute atomic E-state index is 0.0714. The highest BCUT2D eigenvalue weighted by Gasteiger charge is 2.24. The van der Waals surface area contributed by atoms with E-state index in [1.807, 2.05) is 55.5 Å². The lowest BCUT2D eigenvalue weighted by atomic mass is 10.0. The van der Waals surface area contributed by atoms with E-state index in [0.717, 1.165) is 35.5 Å². The quantitative estimate of drug-likeness (QED) is 0.680. The first-order valence-electron chi connectivity index (χ1n) is 10.1. The highest BCUT2D eigenvalue weighted by Crippen LogP contribution is 2.24. The minimum atomic E-state index is -0.637. The van der Waals surface area contributed by atoms with E-state index in [2.05, 4.69) is 15.5 Å². The number of nitrogens with one attached hydrogen (secondary N) is 2. The number of carbonyl (C=O) groups excluding carboxylic acids is 2. The summed E-state index contributed by atoms with van der Waals surface area (Å²) in [6.45, 7) is 5.45. The Balaban J connectivity index is 1.60. The number of hydrogen-bond acceptors (Lipinski definition) is 5. The van der Waals surface area contributed by atoms with Gasteiger partial charge in [-0.15, -0.1) is 0 Å². The summed E-state index contributed by atoms with van der Waals surface area (Å²) in [5.41, 5.74) is 3.12. The summed E-state index contributed by atoms with van der Waals surface area (Å²) >= 11 is 0. The van der Waals surface area contributed by atoms with Crippen LogP contribution in [0.5, 0.6) is 5.75 Å². The highest BCUT2D eigenvalue weighted by atomic mass is 16.5. The van der Waals surface area contributed by atoms with Crippen LogP contribution in [0.1, 0.15) is 22.7 Å². The van der Waals surface area contributed by atoms with E-state index in [1.165, 1.54) is 0 Å². The fourth-order valence-corrected chi connectivity index (χ4v) is 3.43. The summed E-state index contributed by atoms with van der Waals surface area (Å²) in [5.74, 6) is -0.516. The molecule has 0 saturated carbocycles. The lowest BCUT2D eigenvalue weighted by Crippen LogP contribution is -2.46. The number of methoxy groups -OCH3 is 1. The van der Waals surface area contributed by atoms with Crippen molar-refractivity contribution in [1.82, 2.24) is 15.5 Å². The molecule has 1 saturated heterocycles. The number of amides is 2. The average molecular weight is 412 g/mol. The smallest absolute Gasteiger partial charge is 0.309 e. The summed E-state index contributed by atoms with van der Waals surface area (Å²) in [5, 5.41) is 5.46. The third kappa shape index (κ3) is 6.05. The van der Waals surface area contributed by atoms with Gasteiger partial charge < -0.3 is 20.1 Å². The summed E-state index contributed by atoms with van der Waals surface area (Å²) < 4.78 is 10.8. The van der Waals surface area contributed by atoms with Crippen LogP contribution >= 0.6 is 0 Å². The molecule has 30 heavy (non-hydrogen) atoms. The number of aryl methyl sites for hydroxylation is 1. The van der Waals surface area contributed by atoms with Crippen molar-refractivity contribution in [2.24, 2.45) is 0 Å². The molecule has 7 nitrogen and oxygen atoms in total. The lowest BCUT2D eigenvalue weighted by molar-refractivity contribution is -0.139. The molecule has 2 aromatic rings. The van der Waals surface area contributed by atoms with Crippen molar-refractivity contribution in [3.8, 4) is 5.75 Å². The van der Waals surface area contributed by atoms with Crippen molar-refractivity contribution >= 4 is 11.8 Å². The van der Waals surface area contributed by atoms with Gasteiger partial charge in [0.15, 0.2) is 0 Å². The molecule has 1 aliphatic heterocycles. The SMILES string of the molecule is COc1cccc(C(CNC(=O)C(=O)NCc2ccc(C)cc2)N2CCOCC2)c1. The first-order chi connectivity index (χ1) is 14.6. The van der Waals surface area contributed by atoms with Gasteiger partial charge in [-0.3, -0.25) is 14.5 Å². The summed E-state index contributed by atoms with van der Waals surface area (Å²) in [4.78, 5) is 26.9. The van der Waals surface area contributed by atoms with Gasteiger partial charge in [0, 0.05) is 26.2 Å². The largest absolute Gasteiger partial charge is 0.497 e. The van der Waals surface area contributed by atoms with Crippen LogP contribution in [0.2, 0.25) is 0 Å². The fourth-order valence-electron chi connectivity index (χ4n) is 3.43. The predicted octanol–water partition coefficient (Wildman–Crippen LogP) is 1.81. The Morgan fingerprint density at radius 3 is 2.47 bits per heavy atom. The molecule has 0 aromatic heterocycles. The van der Waals surface area contributed by atoms with E-state index >= 15 is 0 Å². The van der Waals surface area contributed by atoms with Gasteiger partial charge >= 0.3 is 11.8 Å². The van der Waals surface area contributed by atoms with Gasteiger partial charge in [0.2, 0.25) is 0 Å². The van der Waals surface area contributed by atoms with Gasteiger partial charge in [0.05, 0.1) is 26.4 Å². The van der Waals surface area contributed by atoms with Crippen LogP contribution in [0.4, 0.5) is 0 Å². The molecule has 2 N–H and O–H groups in total. The van der Waals surface area contributed by atoms with E-state index < -0.39 is 11.8 Å². The van der Waals surface area contributed by atoms with E-state index in [0.29, 0.717) is 26.3 Å². The van der Waals surface area contributed by atoms with Crippen LogP contribution in [-0.2, 0) is 20.9 Å². The number of ether oxygens (including phenoxy) is 2. The molecule has 0 bridgehead atoms. The van der Waals surface area contributed by atoms with E-state index in [1.54, 1.807) is 7.11 Å². The van der Waals surface area contributed by atoms with Gasteiger partial charge in [0.25, 0.3) is 0 Å². The van der Waals surface area contributed by atoms with Gasteiger partial charge in [-0.05, 0) is 30.2 Å². The second kappa shape index (κ2) is 10.8. The second-order valence-corrected chi connectivity index (χ2v) is 7.32. The fraction of sp³-hybridized carbons (Fsp3) is 0.391. The van der Waals surface area contributed by atoms with Crippen LogP contribution < -0.4 is 15.4 Å². The Bertz CT molecular complexity index is 848. The van der Waals surface area contributed by atoms with Crippen molar-refractivity contribution in [1.29, 1.82) is 0 Å². The molecule has 1 aliphatic rings. The van der Waals surface area contributed by atoms with Gasteiger partial charge in [0.1, 0.15) is 5.75 Å². The summed E-state index contributed by atoms with van der Waals surface area (Å²) in [7, 11) is 1.63. The number of benzene rings is 2. The normalized spacial score (nSPS) is 15.3. The maximum atomic E-state index is 12.4. The first kappa shape index (κ1) is 21.8. The van der Waals surface area contributed by atoms with Crippen LogP contribution in [-0.4, -0.2) is 56.7 Å². The molecule has 160 valence electrons. The molecule has 1 unspecified atom stereocenters. The van der Waals surface area contributed by atoms with E-state index in [9.17, 15) is 9.59 Å². The van der Waals surface area contributed by atoms with Crippen LogP contribution in [0.25, 0.3) is 0 Å². The molecule has 7 heteroatoms. The third-order valence-electron chi connectivity index (χ3n) is 5.20. The standard InChI is InChI=1S/C23H29N3O4/c1-17-6-8-18(9-7-17)15-24-22(27)23(28)25-16-21(26-10-12-30-13-11-26)19-4-3-5-20(14-19)29-2/h3-9,14,21H,10-13,15-16H2,1-2H3,(H,24,27)(H,25,28). The average Bonchev–Trinajstić information content (AvgIpc) is 2.79. The number of carbonyl (C=O) groups is 2. The van der Waals surface area contributed by atoms with E-state index in [4.69, 9.17) is 9.47 Å². The number of morpholine rings is 1. The lowest BCUT2D eigenvalue weighted by Gasteiger charge is -2.35. The Kier molecular flexibility index (Phi) is 7.82. The monoisotopic (exact) mass is 411 g/mol. The number of rotatable bonds is 7. The maximum absolute atomic E-state index is 12.4. The van der Waals surface area contributed by atoms with Crippen molar-refractivity contribution < 1.29 is 19.1 Å². The zero-order valence-electron chi connectivity index (χ0n) is 17.5. The zero-order valence-corrected chi connectivity index (χ0v) is 17.5. The number of nitrogens with zero attached hydrogens (tertiary/aromatic N) is 1. The molecule has 0 radical (unpaired) electrons. The van der Waals surface area contributed by atoms with Gasteiger partial charge in [-0.1, -0.05) is 42.0 Å². The van der Waals surface area contributed by atoms with Gasteiger partial charge in [-0.25, -0.2) is 0 Å². The first-order valence-corrected chi connectivity index (χ1v) is 10.1. The Morgan fingerprint density at radius 1 is 1.07 bits per heavy atom. The van der Waals surface area contributed by atoms with Crippen LogP contribution in [0, 0.1) is 6.92 Å². The second-order valence-electron chi connectivity index (χ2n) is 7.32. The molecule has 1 heterocycles. The molecule has 2 amide bonds. The molecule has 1 fully saturated rings. The third-order valence-corrected chi connectivity index (χ3v) is 5.20. The van der Waals surface area contributed by atoms with Crippen LogP contribution in [0.3, 0.4) is 0 Å². The van der Waals surface area contributed by atoms with E-state index in [-0.39, 0.29) is 6.04 Å². The molecule has 1 atom stereocenters. The summed E-state index contributed by atoms with van der Waals surface area (Å²) in [6, 6.07) is 15.5. The van der Waals surface area contributed by atoms with Crippen molar-refractivity contribution in [2.75, 3.05) is 40.0 Å². The number of hydrogen-bond donors (Lipinski definition) is 2. The molecule has 0 aliphatic carbocycles. The summed E-state index contributed by atoms with van der Waals surface area (Å²) in [6.07, 6.45) is 0. The Hall–Kier alpha value is -2.90. The molecular weight excluding hydrogens is 382 g/mol. The van der Waals surface area contributed by atoms with Crippen molar-refractivity contribution in [3.63, 3.8) is 0 Å². The zero-order chi connectivity index (χ0) is 21.3. The molecule has 0 spiro atoms. The topological polar surface area (TPSA) is 79.9 Å². The predicted molar refractivity (Wildman–Crippen MR) is 114 cm³/mol. The minimum Gasteiger partial charge on any atom is -0.497 e. The van der Waals surface area contributed by atoms with Crippen LogP contribution in [0.15, 0.2) is 48.5 Å². The highest BCUT2D eigenvalue weighted by molar-refractivity contribution is 6.35. The Labute approximate surface area is 177 Å². The molecule has 3 rings (SSSR count). The maximum Gasteiger partial charge on any atom is 0.309 e. The van der Waals surface area contributed by atoms with Crippen molar-refractivity contribution in [2.45, 2.75) is 19.5 Å². The molecular formula is C23H29N3O4. The molecule has 2 aromatic carbocycles. The Morgan fingerprint density at radius 2 is 1.77 bits per heavy atom. The van der Waals surface area contributed by atoms with Gasteiger partial charge in [-0.2, -0.15) is 0 Å².